The minimum atomic E-state index is -0.278. The van der Waals surface area contributed by atoms with Crippen molar-refractivity contribution in [3.8, 4) is 11.1 Å². The lowest BCUT2D eigenvalue weighted by atomic mass is 9.98. The highest BCUT2D eigenvalue weighted by molar-refractivity contribution is 5.85. The van der Waals surface area contributed by atoms with Gasteiger partial charge in [-0.05, 0) is 37.5 Å². The molecule has 3 aromatic rings. The molecule has 0 N–H and O–H groups in total. The first-order chi connectivity index (χ1) is 12.1. The quantitative estimate of drug-likeness (QED) is 0.546. The number of benzene rings is 2. The second-order valence-electron chi connectivity index (χ2n) is 6.35. The predicted molar refractivity (Wildman–Crippen MR) is 102 cm³/mol. The first-order valence-electron chi connectivity index (χ1n) is 8.86. The van der Waals surface area contributed by atoms with E-state index in [-0.39, 0.29) is 11.5 Å². The minimum absolute atomic E-state index is 0.00601. The summed E-state index contributed by atoms with van der Waals surface area (Å²) in [5, 5.41) is 0.644. The summed E-state index contributed by atoms with van der Waals surface area (Å²) in [7, 11) is 0. The minimum Gasteiger partial charge on any atom is -0.457 e. The lowest BCUT2D eigenvalue weighted by Gasteiger charge is -2.17. The molecule has 0 fully saturated rings. The molecular formula is C22H24O3. The normalized spacial score (nSPS) is 12.4. The summed E-state index contributed by atoms with van der Waals surface area (Å²) < 4.78 is 12.1. The molecule has 1 atom stereocenters. The third-order valence-electron chi connectivity index (χ3n) is 4.45. The fraction of sp³-hybridized carbons (Fsp3) is 0.318. The Morgan fingerprint density at radius 2 is 1.84 bits per heavy atom. The van der Waals surface area contributed by atoms with Crippen LogP contribution in [0.3, 0.4) is 0 Å². The zero-order chi connectivity index (χ0) is 17.8. The van der Waals surface area contributed by atoms with Crippen molar-refractivity contribution >= 4 is 11.0 Å². The highest BCUT2D eigenvalue weighted by atomic mass is 16.5. The standard InChI is InChI=1S/C22H24O3/c1-4-5-14-24-16(3)22-20(17-11-7-6-8-12-17)21(23)19-15(2)10-9-13-18(19)25-22/h6-13,16H,4-5,14H2,1-3H3. The summed E-state index contributed by atoms with van der Waals surface area (Å²) in [6.45, 7) is 6.67. The maximum Gasteiger partial charge on any atom is 0.201 e. The zero-order valence-corrected chi connectivity index (χ0v) is 15.0. The average molecular weight is 336 g/mol. The van der Waals surface area contributed by atoms with E-state index in [1.54, 1.807) is 0 Å². The number of rotatable bonds is 6. The Labute approximate surface area is 148 Å². The lowest BCUT2D eigenvalue weighted by molar-refractivity contribution is 0.0497. The van der Waals surface area contributed by atoms with Gasteiger partial charge in [-0.1, -0.05) is 55.8 Å². The van der Waals surface area contributed by atoms with Crippen LogP contribution >= 0.6 is 0 Å². The summed E-state index contributed by atoms with van der Waals surface area (Å²) in [5.74, 6) is 0.602. The van der Waals surface area contributed by atoms with Crippen molar-refractivity contribution in [3.63, 3.8) is 0 Å². The van der Waals surface area contributed by atoms with Crippen LogP contribution in [0.25, 0.3) is 22.1 Å². The van der Waals surface area contributed by atoms with E-state index in [9.17, 15) is 4.79 Å². The first-order valence-corrected chi connectivity index (χ1v) is 8.86. The van der Waals surface area contributed by atoms with E-state index < -0.39 is 0 Å². The maximum absolute atomic E-state index is 13.3. The van der Waals surface area contributed by atoms with Gasteiger partial charge >= 0.3 is 0 Å². The summed E-state index contributed by atoms with van der Waals surface area (Å²) in [5.41, 5.74) is 3.01. The predicted octanol–water partition coefficient (Wildman–Crippen LogP) is 5.65. The molecule has 3 heteroatoms. The smallest absolute Gasteiger partial charge is 0.201 e. The molecule has 0 saturated carbocycles. The number of hydrogen-bond donors (Lipinski definition) is 0. The van der Waals surface area contributed by atoms with E-state index in [0.717, 1.165) is 24.0 Å². The molecule has 0 aliphatic heterocycles. The van der Waals surface area contributed by atoms with Gasteiger partial charge in [-0.2, -0.15) is 0 Å². The highest BCUT2D eigenvalue weighted by Crippen LogP contribution is 2.31. The summed E-state index contributed by atoms with van der Waals surface area (Å²) >= 11 is 0. The molecule has 1 heterocycles. The van der Waals surface area contributed by atoms with Crippen molar-refractivity contribution in [3.05, 3.63) is 70.1 Å². The molecule has 0 bridgehead atoms. The van der Waals surface area contributed by atoms with E-state index >= 15 is 0 Å². The Morgan fingerprint density at radius 1 is 1.08 bits per heavy atom. The monoisotopic (exact) mass is 336 g/mol. The molecule has 1 unspecified atom stereocenters. The number of aryl methyl sites for hydroxylation is 1. The first kappa shape index (κ1) is 17.4. The van der Waals surface area contributed by atoms with Gasteiger partial charge in [0.05, 0.1) is 10.9 Å². The van der Waals surface area contributed by atoms with Gasteiger partial charge in [0.1, 0.15) is 17.4 Å². The summed E-state index contributed by atoms with van der Waals surface area (Å²) in [6.07, 6.45) is 1.78. The Kier molecular flexibility index (Phi) is 5.34. The molecule has 2 aromatic carbocycles. The summed E-state index contributed by atoms with van der Waals surface area (Å²) in [4.78, 5) is 13.3. The topological polar surface area (TPSA) is 39.4 Å². The van der Waals surface area contributed by atoms with Gasteiger partial charge in [0.2, 0.25) is 5.43 Å². The largest absolute Gasteiger partial charge is 0.457 e. The van der Waals surface area contributed by atoms with Crippen LogP contribution in [0.2, 0.25) is 0 Å². The molecule has 0 saturated heterocycles. The van der Waals surface area contributed by atoms with Crippen LogP contribution in [0, 0.1) is 6.92 Å². The Balaban J connectivity index is 2.22. The molecule has 1 aromatic heterocycles. The molecule has 130 valence electrons. The van der Waals surface area contributed by atoms with Crippen LogP contribution in [-0.2, 0) is 4.74 Å². The zero-order valence-electron chi connectivity index (χ0n) is 15.0. The highest BCUT2D eigenvalue weighted by Gasteiger charge is 2.21. The molecule has 3 nitrogen and oxygen atoms in total. The van der Waals surface area contributed by atoms with Crippen molar-refractivity contribution in [1.82, 2.24) is 0 Å². The van der Waals surface area contributed by atoms with Crippen molar-refractivity contribution in [2.45, 2.75) is 39.7 Å². The van der Waals surface area contributed by atoms with Crippen LogP contribution in [-0.4, -0.2) is 6.61 Å². The van der Waals surface area contributed by atoms with E-state index in [0.29, 0.717) is 28.9 Å². The molecule has 3 rings (SSSR count). The number of unbranched alkanes of at least 4 members (excludes halogenated alkanes) is 1. The molecule has 0 amide bonds. The number of fused-ring (bicyclic) bond motifs is 1. The molecule has 0 spiro atoms. The van der Waals surface area contributed by atoms with E-state index in [4.69, 9.17) is 9.15 Å². The fourth-order valence-electron chi connectivity index (χ4n) is 3.07. The number of hydrogen-bond acceptors (Lipinski definition) is 3. The van der Waals surface area contributed by atoms with E-state index in [1.807, 2.05) is 62.4 Å². The average Bonchev–Trinajstić information content (AvgIpc) is 2.62. The Bertz CT molecular complexity index is 910. The number of ether oxygens (including phenoxy) is 1. The fourth-order valence-corrected chi connectivity index (χ4v) is 3.07. The van der Waals surface area contributed by atoms with E-state index in [2.05, 4.69) is 6.92 Å². The van der Waals surface area contributed by atoms with Crippen molar-refractivity contribution in [2.24, 2.45) is 0 Å². The maximum atomic E-state index is 13.3. The SMILES string of the molecule is CCCCOC(C)c1oc2cccc(C)c2c(=O)c1-c1ccccc1. The van der Waals surface area contributed by atoms with Crippen molar-refractivity contribution < 1.29 is 9.15 Å². The van der Waals surface area contributed by atoms with Crippen LogP contribution in [0.1, 0.15) is 44.1 Å². The third-order valence-corrected chi connectivity index (χ3v) is 4.45. The van der Waals surface area contributed by atoms with E-state index in [1.165, 1.54) is 0 Å². The molecule has 25 heavy (non-hydrogen) atoms. The van der Waals surface area contributed by atoms with Gasteiger partial charge in [-0.15, -0.1) is 0 Å². The second kappa shape index (κ2) is 7.66. The molecule has 0 aliphatic rings. The third kappa shape index (κ3) is 3.52. The molecular weight excluding hydrogens is 312 g/mol. The Morgan fingerprint density at radius 3 is 2.56 bits per heavy atom. The van der Waals surface area contributed by atoms with Gasteiger partial charge in [0.15, 0.2) is 0 Å². The van der Waals surface area contributed by atoms with Gasteiger partial charge < -0.3 is 9.15 Å². The lowest BCUT2D eigenvalue weighted by Crippen LogP contribution is -2.13. The van der Waals surface area contributed by atoms with Gasteiger partial charge in [-0.3, -0.25) is 4.79 Å². The van der Waals surface area contributed by atoms with Crippen molar-refractivity contribution in [1.29, 1.82) is 0 Å². The van der Waals surface area contributed by atoms with Crippen LogP contribution in [0.15, 0.2) is 57.7 Å². The second-order valence-corrected chi connectivity index (χ2v) is 6.35. The van der Waals surface area contributed by atoms with Gasteiger partial charge in [0, 0.05) is 6.61 Å². The molecule has 0 radical (unpaired) electrons. The van der Waals surface area contributed by atoms with Crippen LogP contribution < -0.4 is 5.43 Å². The Hall–Kier alpha value is -2.39. The van der Waals surface area contributed by atoms with Crippen LogP contribution in [0.5, 0.6) is 0 Å². The van der Waals surface area contributed by atoms with Gasteiger partial charge in [-0.25, -0.2) is 0 Å². The van der Waals surface area contributed by atoms with Crippen LogP contribution in [0.4, 0.5) is 0 Å². The van der Waals surface area contributed by atoms with Gasteiger partial charge in [0.25, 0.3) is 0 Å². The van der Waals surface area contributed by atoms with Crippen molar-refractivity contribution in [2.75, 3.05) is 6.61 Å². The molecule has 0 aliphatic carbocycles. The summed E-state index contributed by atoms with van der Waals surface area (Å²) in [6, 6.07) is 15.4.